The zero-order chi connectivity index (χ0) is 19.1. The second kappa shape index (κ2) is 10.8. The lowest BCUT2D eigenvalue weighted by Gasteiger charge is -2.30. The van der Waals surface area contributed by atoms with Gasteiger partial charge in [0.05, 0.1) is 43.7 Å². The van der Waals surface area contributed by atoms with E-state index in [1.165, 1.54) is 0 Å². The summed E-state index contributed by atoms with van der Waals surface area (Å²) in [4.78, 5) is 0. The molecule has 0 radical (unpaired) electrons. The lowest BCUT2D eigenvalue weighted by molar-refractivity contribution is -0.207. The van der Waals surface area contributed by atoms with Crippen molar-refractivity contribution in [2.24, 2.45) is 5.92 Å². The molecule has 6 nitrogen and oxygen atoms in total. The first-order chi connectivity index (χ1) is 11.6. The molecule has 25 heavy (non-hydrogen) atoms. The van der Waals surface area contributed by atoms with E-state index < -0.39 is 6.29 Å². The van der Waals surface area contributed by atoms with Gasteiger partial charge in [0.2, 0.25) is 0 Å². The molecule has 1 aliphatic heterocycles. The molecule has 0 saturated carbocycles. The summed E-state index contributed by atoms with van der Waals surface area (Å²) in [6.45, 7) is 16.2. The van der Waals surface area contributed by atoms with Gasteiger partial charge in [-0.3, -0.25) is 0 Å². The molecule has 0 aromatic carbocycles. The minimum atomic E-state index is -0.524. The van der Waals surface area contributed by atoms with Crippen molar-refractivity contribution in [1.29, 1.82) is 0 Å². The number of aliphatic hydroxyl groups is 1. The van der Waals surface area contributed by atoms with E-state index in [1.807, 2.05) is 55.4 Å². The fourth-order valence-electron chi connectivity index (χ4n) is 2.90. The van der Waals surface area contributed by atoms with E-state index in [0.29, 0.717) is 6.61 Å². The highest BCUT2D eigenvalue weighted by Crippen LogP contribution is 2.34. The van der Waals surface area contributed by atoms with Gasteiger partial charge >= 0.3 is 0 Å². The van der Waals surface area contributed by atoms with E-state index in [1.54, 1.807) is 0 Å². The maximum Gasteiger partial charge on any atom is 0.187 e. The summed E-state index contributed by atoms with van der Waals surface area (Å²) >= 11 is 0. The van der Waals surface area contributed by atoms with Crippen LogP contribution in [-0.4, -0.2) is 67.3 Å². The Hall–Kier alpha value is -0.240. The van der Waals surface area contributed by atoms with Crippen LogP contribution in [0.25, 0.3) is 0 Å². The molecule has 1 rings (SSSR count). The van der Waals surface area contributed by atoms with Crippen molar-refractivity contribution < 1.29 is 28.8 Å². The normalized spacial score (nSPS) is 28.7. The Morgan fingerprint density at radius 2 is 1.28 bits per heavy atom. The number of hydrogen-bond acceptors (Lipinski definition) is 6. The third-order valence-corrected chi connectivity index (χ3v) is 3.81. The molecule has 0 aromatic rings. The van der Waals surface area contributed by atoms with Gasteiger partial charge in [-0.15, -0.1) is 0 Å². The van der Waals surface area contributed by atoms with Crippen LogP contribution in [0.3, 0.4) is 0 Å². The van der Waals surface area contributed by atoms with Crippen LogP contribution in [0.1, 0.15) is 55.4 Å². The summed E-state index contributed by atoms with van der Waals surface area (Å²) < 4.78 is 30.1. The summed E-state index contributed by atoms with van der Waals surface area (Å²) in [7, 11) is 0. The first-order valence-corrected chi connectivity index (χ1v) is 9.49. The smallest absolute Gasteiger partial charge is 0.187 e. The predicted molar refractivity (Wildman–Crippen MR) is 96.6 cm³/mol. The monoisotopic (exact) mass is 362 g/mol. The lowest BCUT2D eigenvalue weighted by Crippen LogP contribution is -2.45. The van der Waals surface area contributed by atoms with Crippen LogP contribution in [0.2, 0.25) is 0 Å². The molecule has 1 aliphatic rings. The van der Waals surface area contributed by atoms with E-state index >= 15 is 0 Å². The van der Waals surface area contributed by atoms with Gasteiger partial charge in [-0.2, -0.15) is 0 Å². The fraction of sp³-hybridized carbons (Fsp3) is 1.00. The summed E-state index contributed by atoms with van der Waals surface area (Å²) in [5.41, 5.74) is 0. The molecule has 0 aromatic heterocycles. The number of ether oxygens (including phenoxy) is 5. The first-order valence-electron chi connectivity index (χ1n) is 9.49. The molecule has 1 heterocycles. The number of aliphatic hydroxyl groups excluding tert-OH is 1. The topological polar surface area (TPSA) is 66.4 Å². The maximum atomic E-state index is 9.89. The molecular formula is C19H38O6. The highest BCUT2D eigenvalue weighted by atomic mass is 16.7. The van der Waals surface area contributed by atoms with E-state index in [0.717, 1.165) is 0 Å². The first kappa shape index (κ1) is 22.8. The van der Waals surface area contributed by atoms with E-state index in [2.05, 4.69) is 0 Å². The maximum absolute atomic E-state index is 9.89. The molecule has 0 aliphatic carbocycles. The summed E-state index contributed by atoms with van der Waals surface area (Å²) in [5, 5.41) is 9.89. The van der Waals surface area contributed by atoms with Crippen LogP contribution in [-0.2, 0) is 23.7 Å². The zero-order valence-electron chi connectivity index (χ0n) is 17.1. The van der Waals surface area contributed by atoms with Gasteiger partial charge < -0.3 is 28.8 Å². The second-order valence-electron chi connectivity index (χ2n) is 7.78. The van der Waals surface area contributed by atoms with Crippen LogP contribution in [0.15, 0.2) is 0 Å². The highest BCUT2D eigenvalue weighted by Gasteiger charge is 2.50. The number of rotatable bonds is 11. The van der Waals surface area contributed by atoms with Crippen molar-refractivity contribution in [1.82, 2.24) is 0 Å². The van der Waals surface area contributed by atoms with Gasteiger partial charge in [-0.05, 0) is 55.4 Å². The Morgan fingerprint density at radius 3 is 1.72 bits per heavy atom. The van der Waals surface area contributed by atoms with Gasteiger partial charge in [-0.25, -0.2) is 0 Å². The fourth-order valence-corrected chi connectivity index (χ4v) is 2.90. The van der Waals surface area contributed by atoms with Crippen molar-refractivity contribution in [3.8, 4) is 0 Å². The van der Waals surface area contributed by atoms with Crippen molar-refractivity contribution in [2.75, 3.05) is 13.2 Å². The Balaban J connectivity index is 3.01. The molecule has 1 fully saturated rings. The van der Waals surface area contributed by atoms with Crippen LogP contribution < -0.4 is 0 Å². The molecule has 0 amide bonds. The van der Waals surface area contributed by atoms with Gasteiger partial charge in [-0.1, -0.05) is 0 Å². The van der Waals surface area contributed by atoms with Crippen molar-refractivity contribution in [2.45, 2.75) is 104 Å². The molecule has 0 spiro atoms. The average molecular weight is 363 g/mol. The summed E-state index contributed by atoms with van der Waals surface area (Å²) in [6.07, 6.45) is -1.42. The summed E-state index contributed by atoms with van der Waals surface area (Å²) in [6, 6.07) is 0. The van der Waals surface area contributed by atoms with Crippen LogP contribution in [0.5, 0.6) is 0 Å². The molecule has 150 valence electrons. The molecule has 1 saturated heterocycles. The Kier molecular flexibility index (Phi) is 9.85. The SMILES string of the molecule is CC(C)OC[C@@H](CO)[C@@H]1O[C@H](OC(C)C)[C@@H](OC(C)C)[C@H]1OC(C)C. The predicted octanol–water partition coefficient (Wildman–Crippen LogP) is 2.76. The van der Waals surface area contributed by atoms with Gasteiger partial charge in [0, 0.05) is 5.92 Å². The second-order valence-corrected chi connectivity index (χ2v) is 7.78. The minimum Gasteiger partial charge on any atom is -0.396 e. The number of hydrogen-bond donors (Lipinski definition) is 1. The molecule has 0 unspecified atom stereocenters. The van der Waals surface area contributed by atoms with Crippen molar-refractivity contribution in [3.05, 3.63) is 0 Å². The van der Waals surface area contributed by atoms with Gasteiger partial charge in [0.15, 0.2) is 6.29 Å². The van der Waals surface area contributed by atoms with E-state index in [9.17, 15) is 5.11 Å². The Morgan fingerprint density at radius 1 is 0.760 bits per heavy atom. The van der Waals surface area contributed by atoms with E-state index in [-0.39, 0.29) is 55.3 Å². The van der Waals surface area contributed by atoms with Gasteiger partial charge in [0.25, 0.3) is 0 Å². The molecule has 5 atom stereocenters. The molecule has 1 N–H and O–H groups in total. The van der Waals surface area contributed by atoms with Crippen LogP contribution in [0.4, 0.5) is 0 Å². The third kappa shape index (κ3) is 7.49. The summed E-state index contributed by atoms with van der Waals surface area (Å²) in [5.74, 6) is -0.204. The largest absolute Gasteiger partial charge is 0.396 e. The molecular weight excluding hydrogens is 324 g/mol. The Labute approximate surface area is 153 Å². The lowest BCUT2D eigenvalue weighted by atomic mass is 9.97. The zero-order valence-corrected chi connectivity index (χ0v) is 17.1. The van der Waals surface area contributed by atoms with Crippen LogP contribution >= 0.6 is 0 Å². The average Bonchev–Trinajstić information content (AvgIpc) is 2.76. The minimum absolute atomic E-state index is 0.00111. The Bertz CT molecular complexity index is 358. The molecule has 0 bridgehead atoms. The van der Waals surface area contributed by atoms with Gasteiger partial charge in [0.1, 0.15) is 12.2 Å². The highest BCUT2D eigenvalue weighted by molar-refractivity contribution is 4.94. The van der Waals surface area contributed by atoms with Crippen molar-refractivity contribution in [3.63, 3.8) is 0 Å². The standard InChI is InChI=1S/C19H38O6/c1-11(2)21-10-15(9-20)16-17(22-12(3)4)18(23-13(5)6)19(25-16)24-14(7)8/h11-20H,9-10H2,1-8H3/t15-,16+,17+,18+,19+/m1/s1. The van der Waals surface area contributed by atoms with Crippen LogP contribution in [0, 0.1) is 5.92 Å². The third-order valence-electron chi connectivity index (χ3n) is 3.81. The quantitative estimate of drug-likeness (QED) is 0.610. The molecule has 6 heteroatoms. The van der Waals surface area contributed by atoms with Crippen molar-refractivity contribution >= 4 is 0 Å². The van der Waals surface area contributed by atoms with E-state index in [4.69, 9.17) is 23.7 Å².